The Bertz CT molecular complexity index is 347. The third-order valence-electron chi connectivity index (χ3n) is 2.19. The number of carbonyl (C=O) groups excluding carboxylic acids is 1. The minimum absolute atomic E-state index is 0.218. The Morgan fingerprint density at radius 2 is 2.00 bits per heavy atom. The van der Waals surface area contributed by atoms with Crippen LogP contribution in [0.25, 0.3) is 0 Å². The average Bonchev–Trinajstić information content (AvgIpc) is 2.20. The lowest BCUT2D eigenvalue weighted by Gasteiger charge is -2.19. The van der Waals surface area contributed by atoms with Gasteiger partial charge in [0.2, 0.25) is 0 Å². The Morgan fingerprint density at radius 3 is 2.50 bits per heavy atom. The second-order valence-electron chi connectivity index (χ2n) is 4.03. The summed E-state index contributed by atoms with van der Waals surface area (Å²) in [5.41, 5.74) is 1.91. The van der Waals surface area contributed by atoms with Gasteiger partial charge in [0.1, 0.15) is 0 Å². The number of hydrogen-bond acceptors (Lipinski definition) is 2. The van der Waals surface area contributed by atoms with Gasteiger partial charge in [0, 0.05) is 19.3 Å². The van der Waals surface area contributed by atoms with Gasteiger partial charge in [-0.3, -0.25) is 0 Å². The van der Waals surface area contributed by atoms with Crippen molar-refractivity contribution in [3.8, 4) is 0 Å². The van der Waals surface area contributed by atoms with Crippen LogP contribution in [0.4, 0.5) is 10.5 Å². The number of benzene rings is 1. The van der Waals surface area contributed by atoms with Crippen LogP contribution >= 0.6 is 0 Å². The van der Waals surface area contributed by atoms with E-state index in [1.54, 1.807) is 14.0 Å². The summed E-state index contributed by atoms with van der Waals surface area (Å²) in [6.45, 7) is 3.96. The maximum absolute atomic E-state index is 11.6. The highest BCUT2D eigenvalue weighted by molar-refractivity contribution is 5.89. The summed E-state index contributed by atoms with van der Waals surface area (Å²) >= 11 is 0. The summed E-state index contributed by atoms with van der Waals surface area (Å²) in [6.07, 6.45) is -0.520. The molecule has 0 aliphatic carbocycles. The summed E-state index contributed by atoms with van der Waals surface area (Å²) in [4.78, 5) is 13.1. The molecule has 2 N–H and O–H groups in total. The normalized spacial score (nSPS) is 12.0. The highest BCUT2D eigenvalue weighted by Crippen LogP contribution is 2.09. The number of likely N-dealkylation sites (N-methyl/N-ethyl adjacent to an activating group) is 1. The number of nitrogens with one attached hydrogen (secondary N) is 1. The minimum atomic E-state index is -0.520. The summed E-state index contributed by atoms with van der Waals surface area (Å²) in [5, 5.41) is 11.9. The van der Waals surface area contributed by atoms with Crippen LogP contribution in [0.2, 0.25) is 0 Å². The van der Waals surface area contributed by atoms with E-state index in [-0.39, 0.29) is 6.03 Å². The lowest BCUT2D eigenvalue weighted by molar-refractivity contribution is 0.149. The first-order chi connectivity index (χ1) is 7.49. The number of anilines is 1. The lowest BCUT2D eigenvalue weighted by Crippen LogP contribution is -2.36. The summed E-state index contributed by atoms with van der Waals surface area (Å²) in [7, 11) is 1.65. The van der Waals surface area contributed by atoms with Crippen LogP contribution in [0.5, 0.6) is 0 Å². The smallest absolute Gasteiger partial charge is 0.321 e. The Morgan fingerprint density at radius 1 is 1.44 bits per heavy atom. The molecular formula is C12H18N2O2. The summed E-state index contributed by atoms with van der Waals surface area (Å²) < 4.78 is 0. The second kappa shape index (κ2) is 5.51. The quantitative estimate of drug-likeness (QED) is 0.820. The zero-order chi connectivity index (χ0) is 12.1. The van der Waals surface area contributed by atoms with Crippen molar-refractivity contribution in [2.45, 2.75) is 20.0 Å². The molecular weight excluding hydrogens is 204 g/mol. The van der Waals surface area contributed by atoms with Crippen LogP contribution in [-0.2, 0) is 0 Å². The Balaban J connectivity index is 2.54. The van der Waals surface area contributed by atoms with Crippen LogP contribution in [0.1, 0.15) is 12.5 Å². The molecule has 88 valence electrons. The van der Waals surface area contributed by atoms with E-state index in [4.69, 9.17) is 5.11 Å². The van der Waals surface area contributed by atoms with Gasteiger partial charge in [-0.05, 0) is 26.0 Å². The molecule has 4 nitrogen and oxygen atoms in total. The van der Waals surface area contributed by atoms with E-state index < -0.39 is 6.10 Å². The van der Waals surface area contributed by atoms with Gasteiger partial charge in [-0.25, -0.2) is 4.79 Å². The van der Waals surface area contributed by atoms with Gasteiger partial charge in [-0.1, -0.05) is 17.7 Å². The molecule has 2 amide bonds. The van der Waals surface area contributed by atoms with Gasteiger partial charge in [0.15, 0.2) is 0 Å². The number of aryl methyl sites for hydroxylation is 1. The highest BCUT2D eigenvalue weighted by Gasteiger charge is 2.10. The number of aliphatic hydroxyl groups is 1. The zero-order valence-corrected chi connectivity index (χ0v) is 9.90. The summed E-state index contributed by atoms with van der Waals surface area (Å²) in [6, 6.07) is 7.35. The molecule has 1 rings (SSSR count). The van der Waals surface area contributed by atoms with Crippen molar-refractivity contribution in [3.63, 3.8) is 0 Å². The number of aliphatic hydroxyl groups excluding tert-OH is 1. The third kappa shape index (κ3) is 3.90. The first-order valence-electron chi connectivity index (χ1n) is 5.26. The molecule has 0 unspecified atom stereocenters. The molecule has 16 heavy (non-hydrogen) atoms. The molecule has 0 saturated heterocycles. The second-order valence-corrected chi connectivity index (χ2v) is 4.03. The number of rotatable bonds is 3. The number of urea groups is 1. The van der Waals surface area contributed by atoms with E-state index in [9.17, 15) is 4.79 Å². The van der Waals surface area contributed by atoms with Gasteiger partial charge in [-0.15, -0.1) is 0 Å². The molecule has 4 heteroatoms. The van der Waals surface area contributed by atoms with Crippen molar-refractivity contribution in [1.29, 1.82) is 0 Å². The van der Waals surface area contributed by atoms with Crippen molar-refractivity contribution >= 4 is 11.7 Å². The summed E-state index contributed by atoms with van der Waals surface area (Å²) in [5.74, 6) is 0. The van der Waals surface area contributed by atoms with Crippen molar-refractivity contribution < 1.29 is 9.90 Å². The SMILES string of the molecule is Cc1ccc(NC(=O)N(C)C[C@H](C)O)cc1. The van der Waals surface area contributed by atoms with Crippen molar-refractivity contribution in [3.05, 3.63) is 29.8 Å². The van der Waals surface area contributed by atoms with Crippen molar-refractivity contribution in [1.82, 2.24) is 4.90 Å². The predicted octanol–water partition coefficient (Wildman–Crippen LogP) is 1.84. The fourth-order valence-electron chi connectivity index (χ4n) is 1.34. The van der Waals surface area contributed by atoms with E-state index >= 15 is 0 Å². The molecule has 0 bridgehead atoms. The fraction of sp³-hybridized carbons (Fsp3) is 0.417. The molecule has 0 saturated carbocycles. The van der Waals surface area contributed by atoms with Crippen LogP contribution in [0, 0.1) is 6.92 Å². The molecule has 0 heterocycles. The molecule has 0 fully saturated rings. The van der Waals surface area contributed by atoms with Crippen LogP contribution in [-0.4, -0.2) is 35.7 Å². The Labute approximate surface area is 95.9 Å². The van der Waals surface area contributed by atoms with Crippen LogP contribution < -0.4 is 5.32 Å². The van der Waals surface area contributed by atoms with E-state index in [1.165, 1.54) is 4.90 Å². The van der Waals surface area contributed by atoms with Gasteiger partial charge < -0.3 is 15.3 Å². The maximum Gasteiger partial charge on any atom is 0.321 e. The minimum Gasteiger partial charge on any atom is -0.392 e. The van der Waals surface area contributed by atoms with Crippen molar-refractivity contribution in [2.75, 3.05) is 18.9 Å². The molecule has 1 aromatic carbocycles. The first-order valence-corrected chi connectivity index (χ1v) is 5.26. The Hall–Kier alpha value is -1.55. The maximum atomic E-state index is 11.6. The van der Waals surface area contributed by atoms with Gasteiger partial charge in [0.25, 0.3) is 0 Å². The largest absolute Gasteiger partial charge is 0.392 e. The molecule has 0 aliphatic heterocycles. The topological polar surface area (TPSA) is 52.6 Å². The number of amides is 2. The first kappa shape index (κ1) is 12.5. The number of nitrogens with zero attached hydrogens (tertiary/aromatic N) is 1. The van der Waals surface area contributed by atoms with Gasteiger partial charge >= 0.3 is 6.03 Å². The van der Waals surface area contributed by atoms with E-state index in [1.807, 2.05) is 31.2 Å². The van der Waals surface area contributed by atoms with E-state index in [0.29, 0.717) is 6.54 Å². The molecule has 1 atom stereocenters. The van der Waals surface area contributed by atoms with Gasteiger partial charge in [0.05, 0.1) is 6.10 Å². The van der Waals surface area contributed by atoms with E-state index in [0.717, 1.165) is 11.3 Å². The molecule has 0 aliphatic rings. The zero-order valence-electron chi connectivity index (χ0n) is 9.90. The third-order valence-corrected chi connectivity index (χ3v) is 2.19. The molecule has 0 aromatic heterocycles. The highest BCUT2D eigenvalue weighted by atomic mass is 16.3. The van der Waals surface area contributed by atoms with Crippen LogP contribution in [0.15, 0.2) is 24.3 Å². The average molecular weight is 222 g/mol. The number of hydrogen-bond donors (Lipinski definition) is 2. The lowest BCUT2D eigenvalue weighted by atomic mass is 10.2. The Kier molecular flexibility index (Phi) is 4.31. The standard InChI is InChI=1S/C12H18N2O2/c1-9-4-6-11(7-5-9)13-12(16)14(3)8-10(2)15/h4-7,10,15H,8H2,1-3H3,(H,13,16)/t10-/m0/s1. The van der Waals surface area contributed by atoms with Crippen molar-refractivity contribution in [2.24, 2.45) is 0 Å². The number of carbonyl (C=O) groups is 1. The van der Waals surface area contributed by atoms with Crippen LogP contribution in [0.3, 0.4) is 0 Å². The van der Waals surface area contributed by atoms with E-state index in [2.05, 4.69) is 5.32 Å². The predicted molar refractivity (Wildman–Crippen MR) is 64.5 cm³/mol. The molecule has 0 radical (unpaired) electrons. The monoisotopic (exact) mass is 222 g/mol. The molecule has 1 aromatic rings. The molecule has 0 spiro atoms. The van der Waals surface area contributed by atoms with Gasteiger partial charge in [-0.2, -0.15) is 0 Å². The fourth-order valence-corrected chi connectivity index (χ4v) is 1.34.